The van der Waals surface area contributed by atoms with Crippen molar-refractivity contribution in [1.82, 2.24) is 4.40 Å². The minimum Gasteiger partial charge on any atom is -0.307 e. The van der Waals surface area contributed by atoms with Crippen LogP contribution in [-0.4, -0.2) is 4.40 Å². The molecule has 3 aromatic carbocycles. The monoisotopic (exact) mass is 455 g/mol. The zero-order valence-electron chi connectivity index (χ0n) is 21.1. The minimum atomic E-state index is 0.728. The number of pyridine rings is 2. The summed E-state index contributed by atoms with van der Waals surface area (Å²) in [4.78, 5) is 0. The van der Waals surface area contributed by atoms with Crippen molar-refractivity contribution in [2.45, 2.75) is 52.4 Å². The smallest absolute Gasteiger partial charge is 0.224 e. The lowest BCUT2D eigenvalue weighted by molar-refractivity contribution is -0.643. The van der Waals surface area contributed by atoms with Gasteiger partial charge >= 0.3 is 0 Å². The Labute approximate surface area is 205 Å². The number of rotatable bonds is 1. The topological polar surface area (TPSA) is 8.29 Å². The Balaban J connectivity index is 1.58. The van der Waals surface area contributed by atoms with Crippen molar-refractivity contribution >= 4 is 49.0 Å². The van der Waals surface area contributed by atoms with Gasteiger partial charge in [0.1, 0.15) is 7.05 Å². The van der Waals surface area contributed by atoms with Gasteiger partial charge in [0.05, 0.1) is 27.3 Å². The maximum atomic E-state index is 2.65. The van der Waals surface area contributed by atoms with Gasteiger partial charge in [0.25, 0.3) is 0 Å². The van der Waals surface area contributed by atoms with Crippen LogP contribution in [0.3, 0.4) is 0 Å². The summed E-state index contributed by atoms with van der Waals surface area (Å²) in [6, 6.07) is 16.6. The van der Waals surface area contributed by atoms with E-state index in [2.05, 4.69) is 85.4 Å². The molecule has 6 aromatic rings. The molecule has 3 aliphatic carbocycles. The van der Waals surface area contributed by atoms with Crippen molar-refractivity contribution in [2.24, 2.45) is 24.3 Å². The molecule has 3 heterocycles. The van der Waals surface area contributed by atoms with Crippen molar-refractivity contribution in [3.63, 3.8) is 0 Å². The summed E-state index contributed by atoms with van der Waals surface area (Å²) >= 11 is 0. The molecule has 0 saturated heterocycles. The highest BCUT2D eigenvalue weighted by Crippen LogP contribution is 2.79. The van der Waals surface area contributed by atoms with Crippen LogP contribution in [0.25, 0.3) is 49.0 Å². The van der Waals surface area contributed by atoms with Gasteiger partial charge in [-0.05, 0) is 109 Å². The Hall–Kier alpha value is -3.13. The zero-order valence-corrected chi connectivity index (χ0v) is 21.1. The standard InChI is InChI=1S/C33H31N2/c1-17-13-18(2)30-27(19(17)3)31-28-20(10-12-34(31)4)14-24(23-15-21-16-33(21)11-9-25(23)33)29-22-7-5-6-8-26(22)35(30)32(28)29/h5-8,10,12-14,21,23,25H,9,11,15-16H2,1-4H3/q+1. The van der Waals surface area contributed by atoms with E-state index in [9.17, 15) is 0 Å². The first-order valence-corrected chi connectivity index (χ1v) is 13.5. The number of hydrogen-bond acceptors (Lipinski definition) is 0. The molecule has 0 amide bonds. The molecule has 0 aliphatic heterocycles. The van der Waals surface area contributed by atoms with Crippen molar-refractivity contribution in [3.8, 4) is 0 Å². The third kappa shape index (κ3) is 1.98. The molecule has 0 bridgehead atoms. The fourth-order valence-corrected chi connectivity index (χ4v) is 9.09. The van der Waals surface area contributed by atoms with Crippen LogP contribution < -0.4 is 4.57 Å². The third-order valence-electron chi connectivity index (χ3n) is 10.9. The third-order valence-corrected chi connectivity index (χ3v) is 10.9. The normalized spacial score (nSPS) is 27.4. The molecule has 0 N–H and O–H groups in total. The lowest BCUT2D eigenvalue weighted by atomic mass is 9.65. The molecule has 1 spiro atoms. The molecule has 3 saturated carbocycles. The van der Waals surface area contributed by atoms with Gasteiger partial charge in [0.15, 0.2) is 6.20 Å². The van der Waals surface area contributed by atoms with Crippen molar-refractivity contribution in [1.29, 1.82) is 0 Å². The van der Waals surface area contributed by atoms with E-state index >= 15 is 0 Å². The van der Waals surface area contributed by atoms with Gasteiger partial charge < -0.3 is 4.40 Å². The molecular formula is C33H31N2+. The fourth-order valence-electron chi connectivity index (χ4n) is 9.09. The first-order valence-electron chi connectivity index (χ1n) is 13.5. The second kappa shape index (κ2) is 5.81. The van der Waals surface area contributed by atoms with Gasteiger partial charge in [-0.3, -0.25) is 0 Å². The maximum absolute atomic E-state index is 2.65. The molecule has 4 unspecified atom stereocenters. The molecule has 2 heteroatoms. The number of benzene rings is 3. The van der Waals surface area contributed by atoms with Crippen molar-refractivity contribution in [3.05, 3.63) is 70.9 Å². The van der Waals surface area contributed by atoms with Crippen LogP contribution in [0.2, 0.25) is 0 Å². The van der Waals surface area contributed by atoms with Gasteiger partial charge in [-0.2, -0.15) is 0 Å². The molecule has 4 atom stereocenters. The molecule has 9 rings (SSSR count). The lowest BCUT2D eigenvalue weighted by Crippen LogP contribution is -2.30. The lowest BCUT2D eigenvalue weighted by Gasteiger charge is -2.39. The molecule has 3 fully saturated rings. The van der Waals surface area contributed by atoms with Gasteiger partial charge in [-0.25, -0.2) is 4.57 Å². The average Bonchev–Trinajstić information content (AvgIpc) is 3.43. The van der Waals surface area contributed by atoms with Crippen molar-refractivity contribution < 1.29 is 4.57 Å². The van der Waals surface area contributed by atoms with Crippen LogP contribution in [0.5, 0.6) is 0 Å². The Kier molecular flexibility index (Phi) is 3.17. The van der Waals surface area contributed by atoms with E-state index in [0.717, 1.165) is 23.2 Å². The van der Waals surface area contributed by atoms with Crippen LogP contribution in [0.1, 0.15) is 53.9 Å². The summed E-state index contributed by atoms with van der Waals surface area (Å²) in [7, 11) is 2.23. The van der Waals surface area contributed by atoms with E-state index in [4.69, 9.17) is 0 Å². The van der Waals surface area contributed by atoms with E-state index < -0.39 is 0 Å². The largest absolute Gasteiger partial charge is 0.307 e. The van der Waals surface area contributed by atoms with Crippen LogP contribution in [0.4, 0.5) is 0 Å². The van der Waals surface area contributed by atoms with Crippen LogP contribution in [-0.2, 0) is 7.05 Å². The van der Waals surface area contributed by atoms with Gasteiger partial charge in [0, 0.05) is 16.8 Å². The highest BCUT2D eigenvalue weighted by molar-refractivity contribution is 6.28. The Bertz CT molecular complexity index is 1920. The minimum absolute atomic E-state index is 0.728. The average molecular weight is 456 g/mol. The molecule has 0 radical (unpaired) electrons. The number of para-hydroxylation sites is 1. The summed E-state index contributed by atoms with van der Waals surface area (Å²) in [6.07, 6.45) is 8.14. The predicted octanol–water partition coefficient (Wildman–Crippen LogP) is 7.64. The molecule has 3 aromatic heterocycles. The van der Waals surface area contributed by atoms with Gasteiger partial charge in [-0.1, -0.05) is 24.3 Å². The number of aryl methyl sites for hydroxylation is 4. The van der Waals surface area contributed by atoms with E-state index in [0.29, 0.717) is 0 Å². The zero-order chi connectivity index (χ0) is 23.4. The molecular weight excluding hydrogens is 424 g/mol. The summed E-state index contributed by atoms with van der Waals surface area (Å²) < 4.78 is 5.02. The highest BCUT2D eigenvalue weighted by atomic mass is 15.0. The summed E-state index contributed by atoms with van der Waals surface area (Å²) in [5, 5.41) is 7.26. The van der Waals surface area contributed by atoms with Crippen molar-refractivity contribution in [2.75, 3.05) is 0 Å². The fraction of sp³-hybridized carbons (Fsp3) is 0.364. The molecule has 3 aliphatic rings. The van der Waals surface area contributed by atoms with Gasteiger partial charge in [-0.15, -0.1) is 0 Å². The van der Waals surface area contributed by atoms with Gasteiger partial charge in [0.2, 0.25) is 5.52 Å². The SMILES string of the molecule is Cc1cc(C)c2c(c1C)c1c3c(cc[n+]1C)cc(C1CC4CC45CCC15)c1c4ccccc4n2c13. The first kappa shape index (κ1) is 19.1. The molecule has 2 nitrogen and oxygen atoms in total. The molecule has 35 heavy (non-hydrogen) atoms. The van der Waals surface area contributed by atoms with E-state index in [-0.39, 0.29) is 0 Å². The number of aromatic nitrogens is 2. The molecule has 172 valence electrons. The van der Waals surface area contributed by atoms with E-state index in [1.807, 2.05) is 0 Å². The number of hydrogen-bond donors (Lipinski definition) is 0. The van der Waals surface area contributed by atoms with Crippen LogP contribution in [0.15, 0.2) is 48.7 Å². The second-order valence-corrected chi connectivity index (χ2v) is 12.3. The second-order valence-electron chi connectivity index (χ2n) is 12.3. The first-order chi connectivity index (χ1) is 17.0. The number of nitrogens with zero attached hydrogens (tertiary/aromatic N) is 2. The number of fused-ring (bicyclic) bond motifs is 6. The summed E-state index contributed by atoms with van der Waals surface area (Å²) in [6.45, 7) is 6.89. The maximum Gasteiger partial charge on any atom is 0.224 e. The highest BCUT2D eigenvalue weighted by Gasteiger charge is 2.70. The van der Waals surface area contributed by atoms with Crippen LogP contribution in [0, 0.1) is 38.0 Å². The van der Waals surface area contributed by atoms with Crippen LogP contribution >= 0.6 is 0 Å². The Morgan fingerprint density at radius 3 is 2.60 bits per heavy atom. The van der Waals surface area contributed by atoms with E-state index in [1.54, 1.807) is 5.56 Å². The Morgan fingerprint density at radius 1 is 0.943 bits per heavy atom. The van der Waals surface area contributed by atoms with E-state index in [1.165, 1.54) is 91.4 Å². The quantitative estimate of drug-likeness (QED) is 0.137. The summed E-state index contributed by atoms with van der Waals surface area (Å²) in [5.74, 6) is 2.64. The summed E-state index contributed by atoms with van der Waals surface area (Å²) in [5.41, 5.74) is 12.1. The predicted molar refractivity (Wildman–Crippen MR) is 145 cm³/mol. The Morgan fingerprint density at radius 2 is 1.80 bits per heavy atom.